The first-order valence-electron chi connectivity index (χ1n) is 7.88. The second kappa shape index (κ2) is 10.5. The zero-order valence-electron chi connectivity index (χ0n) is 15.2. The fourth-order valence-corrected chi connectivity index (χ4v) is 1.82. The van der Waals surface area contributed by atoms with E-state index in [2.05, 4.69) is 5.32 Å². The van der Waals surface area contributed by atoms with Gasteiger partial charge in [-0.3, -0.25) is 14.4 Å². The molecule has 0 saturated carbocycles. The average Bonchev–Trinajstić information content (AvgIpc) is 2.50. The summed E-state index contributed by atoms with van der Waals surface area (Å²) in [5.41, 5.74) is 4.61. The van der Waals surface area contributed by atoms with E-state index >= 15 is 0 Å². The largest absolute Gasteiger partial charge is 0.481 e. The topological polar surface area (TPSA) is 142 Å². The molecule has 1 aliphatic rings. The number of rotatable bonds is 3. The summed E-state index contributed by atoms with van der Waals surface area (Å²) in [5.74, 6) is -1.38. The third-order valence-electron chi connectivity index (χ3n) is 2.91. The Bertz CT molecular complexity index is 477. The number of ether oxygens (including phenoxy) is 1. The summed E-state index contributed by atoms with van der Waals surface area (Å²) in [6.45, 7) is 8.01. The summed E-state index contributed by atoms with van der Waals surface area (Å²) >= 11 is 0. The molecule has 0 unspecified atom stereocenters. The first-order valence-corrected chi connectivity index (χ1v) is 7.88. The summed E-state index contributed by atoms with van der Waals surface area (Å²) < 4.78 is 5.28. The highest BCUT2D eigenvalue weighted by molar-refractivity contribution is 5.85. The molecule has 0 aromatic carbocycles. The molecular weight excluding hydrogens is 332 g/mol. The number of piperazine rings is 1. The Labute approximate surface area is 147 Å². The van der Waals surface area contributed by atoms with Crippen molar-refractivity contribution >= 4 is 23.9 Å². The van der Waals surface area contributed by atoms with Crippen molar-refractivity contribution in [2.45, 2.75) is 33.3 Å². The summed E-state index contributed by atoms with van der Waals surface area (Å²) in [6.07, 6.45) is -0.369. The van der Waals surface area contributed by atoms with Crippen molar-refractivity contribution in [1.82, 2.24) is 15.1 Å². The van der Waals surface area contributed by atoms with Crippen LogP contribution in [0.2, 0.25) is 0 Å². The summed E-state index contributed by atoms with van der Waals surface area (Å²) in [7, 11) is 0. The number of carboxylic acid groups (broad SMARTS) is 1. The van der Waals surface area contributed by atoms with Crippen molar-refractivity contribution in [3.63, 3.8) is 0 Å². The van der Waals surface area contributed by atoms with Gasteiger partial charge >= 0.3 is 6.09 Å². The van der Waals surface area contributed by atoms with Gasteiger partial charge in [0.1, 0.15) is 5.60 Å². The normalized spacial score (nSPS) is 14.1. The molecular formula is C15H28N4O6. The minimum atomic E-state index is -0.833. The zero-order chi connectivity index (χ0) is 19.6. The number of hydrogen-bond donors (Lipinski definition) is 3. The van der Waals surface area contributed by atoms with Crippen LogP contribution >= 0.6 is 0 Å². The van der Waals surface area contributed by atoms with Gasteiger partial charge in [0.15, 0.2) is 0 Å². The molecule has 144 valence electrons. The van der Waals surface area contributed by atoms with Gasteiger partial charge in [0, 0.05) is 33.1 Å². The van der Waals surface area contributed by atoms with E-state index in [0.717, 1.165) is 6.92 Å². The minimum absolute atomic E-state index is 0.0670. The molecule has 1 saturated heterocycles. The second-order valence-corrected chi connectivity index (χ2v) is 6.35. The van der Waals surface area contributed by atoms with Crippen LogP contribution in [0, 0.1) is 0 Å². The lowest BCUT2D eigenvalue weighted by atomic mass is 10.2. The third-order valence-corrected chi connectivity index (χ3v) is 2.91. The Hall–Kier alpha value is -2.36. The fourth-order valence-electron chi connectivity index (χ4n) is 1.82. The van der Waals surface area contributed by atoms with Crippen molar-refractivity contribution in [1.29, 1.82) is 0 Å². The number of carboxylic acids is 1. The predicted molar refractivity (Wildman–Crippen MR) is 89.8 cm³/mol. The molecule has 3 amide bonds. The Morgan fingerprint density at radius 2 is 1.52 bits per heavy atom. The Morgan fingerprint density at radius 3 is 1.92 bits per heavy atom. The highest BCUT2D eigenvalue weighted by Crippen LogP contribution is 2.11. The molecule has 10 nitrogen and oxygen atoms in total. The number of nitrogens with zero attached hydrogens (tertiary/aromatic N) is 2. The molecule has 0 atom stereocenters. The molecule has 1 heterocycles. The van der Waals surface area contributed by atoms with Gasteiger partial charge < -0.3 is 30.7 Å². The van der Waals surface area contributed by atoms with Crippen molar-refractivity contribution in [2.75, 3.05) is 39.3 Å². The molecule has 0 radical (unpaired) electrons. The minimum Gasteiger partial charge on any atom is -0.481 e. The Balaban J connectivity index is 0.00000129. The van der Waals surface area contributed by atoms with E-state index in [-0.39, 0.29) is 31.0 Å². The zero-order valence-corrected chi connectivity index (χ0v) is 15.2. The number of hydrogen-bond acceptors (Lipinski definition) is 6. The number of nitrogens with two attached hydrogens (primary N) is 1. The lowest BCUT2D eigenvalue weighted by Crippen LogP contribution is -2.53. The van der Waals surface area contributed by atoms with Crippen molar-refractivity contribution < 1.29 is 29.0 Å². The first kappa shape index (κ1) is 22.6. The van der Waals surface area contributed by atoms with Crippen LogP contribution in [0.3, 0.4) is 0 Å². The summed E-state index contributed by atoms with van der Waals surface area (Å²) in [5, 5.41) is 9.85. The molecule has 1 fully saturated rings. The Kier molecular flexibility index (Phi) is 9.50. The van der Waals surface area contributed by atoms with Crippen LogP contribution < -0.4 is 11.1 Å². The van der Waals surface area contributed by atoms with Gasteiger partial charge in [0.25, 0.3) is 5.97 Å². The predicted octanol–water partition coefficient (Wildman–Crippen LogP) is -0.768. The number of carbonyl (C=O) groups excluding carboxylic acids is 3. The van der Waals surface area contributed by atoms with Gasteiger partial charge in [-0.05, 0) is 20.8 Å². The maximum Gasteiger partial charge on any atom is 0.410 e. The van der Waals surface area contributed by atoms with E-state index < -0.39 is 11.6 Å². The van der Waals surface area contributed by atoms with Crippen LogP contribution in [-0.2, 0) is 19.1 Å². The van der Waals surface area contributed by atoms with Crippen molar-refractivity contribution in [3.05, 3.63) is 0 Å². The quantitative estimate of drug-likeness (QED) is 0.600. The smallest absolute Gasteiger partial charge is 0.410 e. The third kappa shape index (κ3) is 10.9. The summed E-state index contributed by atoms with van der Waals surface area (Å²) in [6, 6.07) is 0. The molecule has 0 spiro atoms. The molecule has 0 aromatic heterocycles. The molecule has 4 N–H and O–H groups in total. The van der Waals surface area contributed by atoms with Gasteiger partial charge in [-0.2, -0.15) is 0 Å². The fraction of sp³-hybridized carbons (Fsp3) is 0.733. The average molecular weight is 360 g/mol. The van der Waals surface area contributed by atoms with Crippen LogP contribution in [0.5, 0.6) is 0 Å². The lowest BCUT2D eigenvalue weighted by molar-refractivity contribution is -0.134. The maximum absolute atomic E-state index is 11.9. The molecule has 10 heteroatoms. The second-order valence-electron chi connectivity index (χ2n) is 6.35. The molecule has 0 aliphatic carbocycles. The highest BCUT2D eigenvalue weighted by atomic mass is 16.6. The standard InChI is InChI=1S/C13H24N4O4.C2H4O2/c1-13(2,3)21-12(20)17-6-4-16(5-7-17)11(19)9-15-10(18)8-14;1-2(3)4/h4-9,14H2,1-3H3,(H,15,18);1H3,(H,3,4). The van der Waals surface area contributed by atoms with Gasteiger partial charge in [0.05, 0.1) is 13.1 Å². The van der Waals surface area contributed by atoms with E-state index in [4.69, 9.17) is 20.4 Å². The number of aliphatic carboxylic acids is 1. The van der Waals surface area contributed by atoms with Gasteiger partial charge in [-0.15, -0.1) is 0 Å². The molecule has 0 bridgehead atoms. The van der Waals surface area contributed by atoms with Crippen LogP contribution in [0.1, 0.15) is 27.7 Å². The van der Waals surface area contributed by atoms with Gasteiger partial charge in [-0.1, -0.05) is 0 Å². The highest BCUT2D eigenvalue weighted by Gasteiger charge is 2.27. The lowest BCUT2D eigenvalue weighted by Gasteiger charge is -2.35. The van der Waals surface area contributed by atoms with Crippen LogP contribution in [0.25, 0.3) is 0 Å². The number of amides is 3. The SMILES string of the molecule is CC(=O)O.CC(C)(C)OC(=O)N1CCN(C(=O)CNC(=O)CN)CC1. The van der Waals surface area contributed by atoms with Crippen LogP contribution in [0.4, 0.5) is 4.79 Å². The first-order chi connectivity index (χ1) is 11.5. The van der Waals surface area contributed by atoms with Crippen LogP contribution in [0.15, 0.2) is 0 Å². The van der Waals surface area contributed by atoms with E-state index in [0.29, 0.717) is 26.2 Å². The maximum atomic E-state index is 11.9. The van der Waals surface area contributed by atoms with E-state index in [1.54, 1.807) is 9.80 Å². The van der Waals surface area contributed by atoms with Gasteiger partial charge in [0.2, 0.25) is 11.8 Å². The Morgan fingerprint density at radius 1 is 1.08 bits per heavy atom. The van der Waals surface area contributed by atoms with E-state index in [9.17, 15) is 14.4 Å². The van der Waals surface area contributed by atoms with Crippen molar-refractivity contribution in [2.24, 2.45) is 5.73 Å². The van der Waals surface area contributed by atoms with E-state index in [1.165, 1.54) is 0 Å². The van der Waals surface area contributed by atoms with Gasteiger partial charge in [-0.25, -0.2) is 4.79 Å². The molecule has 0 aromatic rings. The monoisotopic (exact) mass is 360 g/mol. The molecule has 1 aliphatic heterocycles. The van der Waals surface area contributed by atoms with E-state index in [1.807, 2.05) is 20.8 Å². The molecule has 1 rings (SSSR count). The number of carbonyl (C=O) groups is 4. The van der Waals surface area contributed by atoms with Crippen molar-refractivity contribution in [3.8, 4) is 0 Å². The number of nitrogens with one attached hydrogen (secondary N) is 1. The van der Waals surface area contributed by atoms with Crippen LogP contribution in [-0.4, -0.2) is 83.7 Å². The molecule has 25 heavy (non-hydrogen) atoms. The summed E-state index contributed by atoms with van der Waals surface area (Å²) in [4.78, 5) is 46.9.